The highest BCUT2D eigenvalue weighted by Crippen LogP contribution is 2.29. The average molecular weight is 207 g/mol. The van der Waals surface area contributed by atoms with Gasteiger partial charge in [0.15, 0.2) is 0 Å². The van der Waals surface area contributed by atoms with Crippen LogP contribution >= 0.6 is 0 Å². The summed E-state index contributed by atoms with van der Waals surface area (Å²) < 4.78 is 5.53. The van der Waals surface area contributed by atoms with Gasteiger partial charge >= 0.3 is 0 Å². The molecule has 0 aliphatic rings. The summed E-state index contributed by atoms with van der Waals surface area (Å²) in [5.74, 6) is 0.796. The van der Waals surface area contributed by atoms with Gasteiger partial charge < -0.3 is 10.5 Å². The second kappa shape index (κ2) is 4.56. The minimum Gasteiger partial charge on any atom is -0.491 e. The highest BCUT2D eigenvalue weighted by atomic mass is 16.5. The van der Waals surface area contributed by atoms with E-state index in [2.05, 4.69) is 33.8 Å². The fourth-order valence-electron chi connectivity index (χ4n) is 1.36. The molecule has 2 nitrogen and oxygen atoms in total. The molecule has 1 rings (SSSR count). The predicted octanol–water partition coefficient (Wildman–Crippen LogP) is 3.36. The highest BCUT2D eigenvalue weighted by molar-refractivity contribution is 5.55. The lowest BCUT2D eigenvalue weighted by Crippen LogP contribution is -2.11. The minimum atomic E-state index is 0.136. The third-order valence-electron chi connectivity index (χ3n) is 2.34. The van der Waals surface area contributed by atoms with Crippen LogP contribution in [0.1, 0.15) is 39.7 Å². The molecule has 0 atom stereocenters. The van der Waals surface area contributed by atoms with Crippen molar-refractivity contribution < 1.29 is 4.74 Å². The third-order valence-corrected chi connectivity index (χ3v) is 2.34. The SMILES string of the molecule is CCCOc1ccc(C(C)(C)C)cc1N. The van der Waals surface area contributed by atoms with E-state index in [0.29, 0.717) is 0 Å². The van der Waals surface area contributed by atoms with Crippen molar-refractivity contribution in [2.75, 3.05) is 12.3 Å². The van der Waals surface area contributed by atoms with Crippen LogP contribution < -0.4 is 10.5 Å². The molecule has 0 unspecified atom stereocenters. The van der Waals surface area contributed by atoms with E-state index in [4.69, 9.17) is 10.5 Å². The molecule has 0 spiro atoms. The summed E-state index contributed by atoms with van der Waals surface area (Å²) in [6, 6.07) is 6.05. The van der Waals surface area contributed by atoms with Gasteiger partial charge in [0.2, 0.25) is 0 Å². The molecule has 0 aromatic heterocycles. The minimum absolute atomic E-state index is 0.136. The molecule has 84 valence electrons. The molecule has 1 aromatic carbocycles. The highest BCUT2D eigenvalue weighted by Gasteiger charge is 2.14. The molecule has 15 heavy (non-hydrogen) atoms. The summed E-state index contributed by atoms with van der Waals surface area (Å²) in [4.78, 5) is 0. The average Bonchev–Trinajstić information content (AvgIpc) is 2.14. The predicted molar refractivity (Wildman–Crippen MR) is 65.3 cm³/mol. The number of hydrogen-bond donors (Lipinski definition) is 1. The Bertz CT molecular complexity index is 326. The molecule has 0 fully saturated rings. The Balaban J connectivity index is 2.88. The number of nitrogen functional groups attached to an aromatic ring is 1. The van der Waals surface area contributed by atoms with E-state index in [-0.39, 0.29) is 5.41 Å². The smallest absolute Gasteiger partial charge is 0.142 e. The van der Waals surface area contributed by atoms with E-state index in [1.807, 2.05) is 12.1 Å². The van der Waals surface area contributed by atoms with Gasteiger partial charge in [-0.1, -0.05) is 33.8 Å². The zero-order chi connectivity index (χ0) is 11.5. The van der Waals surface area contributed by atoms with E-state index in [1.54, 1.807) is 0 Å². The monoisotopic (exact) mass is 207 g/mol. The fourth-order valence-corrected chi connectivity index (χ4v) is 1.36. The van der Waals surface area contributed by atoms with E-state index in [9.17, 15) is 0 Å². The first-order chi connectivity index (χ1) is 6.95. The Morgan fingerprint density at radius 3 is 2.40 bits per heavy atom. The number of benzene rings is 1. The van der Waals surface area contributed by atoms with Crippen molar-refractivity contribution in [3.63, 3.8) is 0 Å². The molecule has 2 N–H and O–H groups in total. The first-order valence-corrected chi connectivity index (χ1v) is 5.48. The maximum Gasteiger partial charge on any atom is 0.142 e. The van der Waals surface area contributed by atoms with Crippen molar-refractivity contribution in [1.29, 1.82) is 0 Å². The first kappa shape index (κ1) is 11.9. The van der Waals surface area contributed by atoms with Crippen LogP contribution in [0, 0.1) is 0 Å². The third kappa shape index (κ3) is 3.15. The van der Waals surface area contributed by atoms with Crippen LogP contribution in [0.4, 0.5) is 5.69 Å². The molecule has 2 heteroatoms. The standard InChI is InChI=1S/C13H21NO/c1-5-8-15-12-7-6-10(9-11(12)14)13(2,3)4/h6-7,9H,5,8,14H2,1-4H3. The topological polar surface area (TPSA) is 35.2 Å². The van der Waals surface area contributed by atoms with Gasteiger partial charge in [-0.05, 0) is 29.5 Å². The van der Waals surface area contributed by atoms with E-state index in [1.165, 1.54) is 5.56 Å². The normalized spacial score (nSPS) is 11.5. The Labute approximate surface area is 92.4 Å². The Kier molecular flexibility index (Phi) is 3.61. The van der Waals surface area contributed by atoms with Crippen LogP contribution in [0.5, 0.6) is 5.75 Å². The van der Waals surface area contributed by atoms with Crippen LogP contribution in [-0.2, 0) is 5.41 Å². The summed E-state index contributed by atoms with van der Waals surface area (Å²) in [6.07, 6.45) is 1.00. The molecular weight excluding hydrogens is 186 g/mol. The Morgan fingerprint density at radius 1 is 1.27 bits per heavy atom. The van der Waals surface area contributed by atoms with Crippen LogP contribution in [0.15, 0.2) is 18.2 Å². The van der Waals surface area contributed by atoms with E-state index >= 15 is 0 Å². The number of anilines is 1. The van der Waals surface area contributed by atoms with Gasteiger partial charge in [-0.3, -0.25) is 0 Å². The molecule has 1 aromatic rings. The summed E-state index contributed by atoms with van der Waals surface area (Å²) in [6.45, 7) is 9.33. The van der Waals surface area contributed by atoms with Gasteiger partial charge in [-0.2, -0.15) is 0 Å². The van der Waals surface area contributed by atoms with Gasteiger partial charge in [-0.15, -0.1) is 0 Å². The summed E-state index contributed by atoms with van der Waals surface area (Å²) in [5.41, 5.74) is 8.04. The van der Waals surface area contributed by atoms with Gasteiger partial charge in [0, 0.05) is 0 Å². The maximum atomic E-state index is 5.93. The van der Waals surface area contributed by atoms with Crippen LogP contribution in [0.3, 0.4) is 0 Å². The summed E-state index contributed by atoms with van der Waals surface area (Å²) in [5, 5.41) is 0. The second-order valence-electron chi connectivity index (χ2n) is 4.85. The molecule has 0 saturated heterocycles. The van der Waals surface area contributed by atoms with Gasteiger partial charge in [0.25, 0.3) is 0 Å². The second-order valence-corrected chi connectivity index (χ2v) is 4.85. The molecule has 0 radical (unpaired) electrons. The van der Waals surface area contributed by atoms with Crippen molar-refractivity contribution in [3.8, 4) is 5.75 Å². The molecule has 0 bridgehead atoms. The van der Waals surface area contributed by atoms with Crippen LogP contribution in [0.25, 0.3) is 0 Å². The largest absolute Gasteiger partial charge is 0.491 e. The molecule has 0 heterocycles. The number of nitrogens with two attached hydrogens (primary N) is 1. The summed E-state index contributed by atoms with van der Waals surface area (Å²) >= 11 is 0. The zero-order valence-electron chi connectivity index (χ0n) is 10.1. The number of hydrogen-bond acceptors (Lipinski definition) is 2. The molecule has 0 aliphatic heterocycles. The lowest BCUT2D eigenvalue weighted by atomic mass is 9.87. The number of rotatable bonds is 3. The Morgan fingerprint density at radius 2 is 1.93 bits per heavy atom. The van der Waals surface area contributed by atoms with E-state index in [0.717, 1.165) is 24.5 Å². The van der Waals surface area contributed by atoms with Crippen LogP contribution in [-0.4, -0.2) is 6.61 Å². The van der Waals surface area contributed by atoms with Gasteiger partial charge in [0.1, 0.15) is 5.75 Å². The van der Waals surface area contributed by atoms with Crippen molar-refractivity contribution in [1.82, 2.24) is 0 Å². The molecular formula is C13H21NO. The molecule has 0 aliphatic carbocycles. The fraction of sp³-hybridized carbons (Fsp3) is 0.538. The molecule has 0 saturated carbocycles. The van der Waals surface area contributed by atoms with Gasteiger partial charge in [-0.25, -0.2) is 0 Å². The quantitative estimate of drug-likeness (QED) is 0.771. The van der Waals surface area contributed by atoms with Crippen LogP contribution in [0.2, 0.25) is 0 Å². The van der Waals surface area contributed by atoms with Crippen molar-refractivity contribution in [2.45, 2.75) is 39.5 Å². The lowest BCUT2D eigenvalue weighted by Gasteiger charge is -2.20. The molecule has 0 amide bonds. The summed E-state index contributed by atoms with van der Waals surface area (Å²) in [7, 11) is 0. The van der Waals surface area contributed by atoms with Crippen molar-refractivity contribution in [2.24, 2.45) is 0 Å². The van der Waals surface area contributed by atoms with E-state index < -0.39 is 0 Å². The Hall–Kier alpha value is -1.18. The van der Waals surface area contributed by atoms with Crippen molar-refractivity contribution >= 4 is 5.69 Å². The maximum absolute atomic E-state index is 5.93. The van der Waals surface area contributed by atoms with Gasteiger partial charge in [0.05, 0.1) is 12.3 Å². The first-order valence-electron chi connectivity index (χ1n) is 5.48. The lowest BCUT2D eigenvalue weighted by molar-refractivity contribution is 0.319. The number of ether oxygens (including phenoxy) is 1. The van der Waals surface area contributed by atoms with Crippen molar-refractivity contribution in [3.05, 3.63) is 23.8 Å². The zero-order valence-corrected chi connectivity index (χ0v) is 10.1.